The first-order valence-corrected chi connectivity index (χ1v) is 6.02. The quantitative estimate of drug-likeness (QED) is 0.680. The topological polar surface area (TPSA) is 75.9 Å². The lowest BCUT2D eigenvalue weighted by molar-refractivity contribution is 0.615. The molecule has 0 fully saturated rings. The Labute approximate surface area is 109 Å². The van der Waals surface area contributed by atoms with E-state index in [2.05, 4.69) is 25.6 Å². The Morgan fingerprint density at radius 1 is 0.947 bits per heavy atom. The van der Waals surface area contributed by atoms with Crippen LogP contribution in [-0.4, -0.2) is 28.0 Å². The molecule has 0 spiro atoms. The van der Waals surface area contributed by atoms with E-state index in [1.807, 2.05) is 24.3 Å². The molecule has 2 N–H and O–H groups in total. The summed E-state index contributed by atoms with van der Waals surface area (Å²) in [6.45, 7) is 1.35. The molecular weight excluding hydrogens is 242 g/mol. The van der Waals surface area contributed by atoms with Gasteiger partial charge in [-0.15, -0.1) is 0 Å². The number of anilines is 2. The molecule has 0 aliphatic carbocycles. The Bertz CT molecular complexity index is 619. The number of hydrogen-bond donors (Lipinski definition) is 2. The maximum atomic E-state index is 5.54. The largest absolute Gasteiger partial charge is 0.424 e. The van der Waals surface area contributed by atoms with Gasteiger partial charge in [0.25, 0.3) is 6.01 Å². The molecule has 1 aromatic carbocycles. The van der Waals surface area contributed by atoms with Gasteiger partial charge in [-0.2, -0.15) is 4.98 Å². The molecule has 96 valence electrons. The highest BCUT2D eigenvalue weighted by molar-refractivity contribution is 5.74. The van der Waals surface area contributed by atoms with E-state index in [1.165, 1.54) is 0 Å². The summed E-state index contributed by atoms with van der Waals surface area (Å²) in [4.78, 5) is 12.5. The fourth-order valence-electron chi connectivity index (χ4n) is 1.68. The third-order valence-electron chi connectivity index (χ3n) is 2.54. The summed E-state index contributed by atoms with van der Waals surface area (Å²) in [5.74, 6) is 0.613. The molecule has 0 aliphatic heterocycles. The fraction of sp³-hybridized carbons (Fsp3) is 0.154. The van der Waals surface area contributed by atoms with Gasteiger partial charge in [-0.3, -0.25) is 0 Å². The molecule has 0 unspecified atom stereocenters. The van der Waals surface area contributed by atoms with Crippen LogP contribution >= 0.6 is 0 Å². The maximum Gasteiger partial charge on any atom is 0.295 e. The lowest BCUT2D eigenvalue weighted by atomic mass is 10.3. The monoisotopic (exact) mass is 255 g/mol. The van der Waals surface area contributed by atoms with E-state index >= 15 is 0 Å². The number of para-hydroxylation sites is 2. The Balaban J connectivity index is 1.52. The zero-order valence-electron chi connectivity index (χ0n) is 10.2. The lowest BCUT2D eigenvalue weighted by Gasteiger charge is -2.03. The Morgan fingerprint density at radius 3 is 2.58 bits per heavy atom. The van der Waals surface area contributed by atoms with E-state index in [0.29, 0.717) is 25.1 Å². The summed E-state index contributed by atoms with van der Waals surface area (Å²) in [7, 11) is 0. The summed E-state index contributed by atoms with van der Waals surface area (Å²) < 4.78 is 5.54. The number of oxazole rings is 1. The number of fused-ring (bicyclic) bond motifs is 1. The van der Waals surface area contributed by atoms with E-state index in [4.69, 9.17) is 4.42 Å². The summed E-state index contributed by atoms with van der Waals surface area (Å²) in [6, 6.07) is 9.97. The van der Waals surface area contributed by atoms with Crippen molar-refractivity contribution in [3.8, 4) is 0 Å². The highest BCUT2D eigenvalue weighted by Gasteiger charge is 2.03. The molecule has 2 aromatic heterocycles. The van der Waals surface area contributed by atoms with Crippen molar-refractivity contribution in [2.24, 2.45) is 0 Å². The van der Waals surface area contributed by atoms with Crippen LogP contribution in [0.1, 0.15) is 0 Å². The van der Waals surface area contributed by atoms with Crippen LogP contribution in [0.15, 0.2) is 47.1 Å². The first-order valence-electron chi connectivity index (χ1n) is 6.02. The molecule has 0 bridgehead atoms. The minimum absolute atomic E-state index is 0.525. The minimum atomic E-state index is 0.525. The second kappa shape index (κ2) is 5.34. The Kier molecular flexibility index (Phi) is 3.22. The Morgan fingerprint density at radius 2 is 1.74 bits per heavy atom. The van der Waals surface area contributed by atoms with Crippen LogP contribution in [0.3, 0.4) is 0 Å². The molecule has 3 rings (SSSR count). The van der Waals surface area contributed by atoms with Gasteiger partial charge in [0.15, 0.2) is 5.58 Å². The van der Waals surface area contributed by atoms with Gasteiger partial charge in [-0.25, -0.2) is 9.97 Å². The molecule has 0 saturated heterocycles. The van der Waals surface area contributed by atoms with E-state index in [-0.39, 0.29) is 0 Å². The molecule has 0 atom stereocenters. The minimum Gasteiger partial charge on any atom is -0.424 e. The molecule has 6 heteroatoms. The SMILES string of the molecule is c1cnc(NCCNc2nc3ccccc3o2)nc1. The average Bonchev–Trinajstić information content (AvgIpc) is 2.87. The van der Waals surface area contributed by atoms with Gasteiger partial charge in [-0.05, 0) is 18.2 Å². The predicted octanol–water partition coefficient (Wildman–Crippen LogP) is 2.14. The number of aromatic nitrogens is 3. The predicted molar refractivity (Wildman–Crippen MR) is 73.0 cm³/mol. The molecule has 19 heavy (non-hydrogen) atoms. The van der Waals surface area contributed by atoms with Crippen molar-refractivity contribution in [1.82, 2.24) is 15.0 Å². The summed E-state index contributed by atoms with van der Waals surface area (Å²) in [5, 5.41) is 6.20. The molecule has 0 radical (unpaired) electrons. The van der Waals surface area contributed by atoms with E-state index in [0.717, 1.165) is 11.1 Å². The van der Waals surface area contributed by atoms with Crippen LogP contribution in [0.25, 0.3) is 11.1 Å². The number of nitrogens with one attached hydrogen (secondary N) is 2. The smallest absolute Gasteiger partial charge is 0.295 e. The van der Waals surface area contributed by atoms with Crippen molar-refractivity contribution in [2.75, 3.05) is 23.7 Å². The third kappa shape index (κ3) is 2.79. The normalized spacial score (nSPS) is 10.5. The van der Waals surface area contributed by atoms with Gasteiger partial charge in [-0.1, -0.05) is 12.1 Å². The molecule has 0 saturated carbocycles. The zero-order valence-corrected chi connectivity index (χ0v) is 10.2. The molecular formula is C13H13N5O. The highest BCUT2D eigenvalue weighted by Crippen LogP contribution is 2.17. The van der Waals surface area contributed by atoms with Gasteiger partial charge >= 0.3 is 0 Å². The maximum absolute atomic E-state index is 5.54. The van der Waals surface area contributed by atoms with Gasteiger partial charge in [0.2, 0.25) is 5.95 Å². The lowest BCUT2D eigenvalue weighted by Crippen LogP contribution is -2.15. The van der Waals surface area contributed by atoms with Gasteiger partial charge in [0.1, 0.15) is 5.52 Å². The number of rotatable bonds is 5. The highest BCUT2D eigenvalue weighted by atomic mass is 16.4. The Hall–Kier alpha value is -2.63. The van der Waals surface area contributed by atoms with Gasteiger partial charge < -0.3 is 15.1 Å². The van der Waals surface area contributed by atoms with Gasteiger partial charge in [0, 0.05) is 25.5 Å². The molecule has 2 heterocycles. The first kappa shape index (κ1) is 11.5. The van der Waals surface area contributed by atoms with Crippen molar-refractivity contribution in [3.05, 3.63) is 42.7 Å². The van der Waals surface area contributed by atoms with Crippen LogP contribution in [0.2, 0.25) is 0 Å². The van der Waals surface area contributed by atoms with Crippen molar-refractivity contribution in [2.45, 2.75) is 0 Å². The first-order chi connectivity index (χ1) is 9.42. The number of hydrogen-bond acceptors (Lipinski definition) is 6. The van der Waals surface area contributed by atoms with Crippen LogP contribution in [0.5, 0.6) is 0 Å². The number of nitrogens with zero attached hydrogens (tertiary/aromatic N) is 3. The van der Waals surface area contributed by atoms with Crippen molar-refractivity contribution >= 4 is 23.1 Å². The standard InChI is InChI=1S/C13H13N5O/c1-2-5-11-10(4-1)18-13(19-11)17-9-8-16-12-14-6-3-7-15-12/h1-7H,8-9H2,(H,17,18)(H,14,15,16). The molecule has 0 amide bonds. The van der Waals surface area contributed by atoms with Crippen molar-refractivity contribution < 1.29 is 4.42 Å². The van der Waals surface area contributed by atoms with Crippen molar-refractivity contribution in [3.63, 3.8) is 0 Å². The van der Waals surface area contributed by atoms with Crippen LogP contribution < -0.4 is 10.6 Å². The number of benzene rings is 1. The third-order valence-corrected chi connectivity index (χ3v) is 2.54. The summed E-state index contributed by atoms with van der Waals surface area (Å²) >= 11 is 0. The second-order valence-electron chi connectivity index (χ2n) is 3.91. The van der Waals surface area contributed by atoms with E-state index < -0.39 is 0 Å². The summed E-state index contributed by atoms with van der Waals surface area (Å²) in [6.07, 6.45) is 3.40. The summed E-state index contributed by atoms with van der Waals surface area (Å²) in [5.41, 5.74) is 1.63. The second-order valence-corrected chi connectivity index (χ2v) is 3.91. The molecule has 0 aliphatic rings. The van der Waals surface area contributed by atoms with Gasteiger partial charge in [0.05, 0.1) is 0 Å². The van der Waals surface area contributed by atoms with Crippen LogP contribution in [-0.2, 0) is 0 Å². The van der Waals surface area contributed by atoms with E-state index in [1.54, 1.807) is 18.5 Å². The van der Waals surface area contributed by atoms with E-state index in [9.17, 15) is 0 Å². The molecule has 6 nitrogen and oxygen atoms in total. The fourth-order valence-corrected chi connectivity index (χ4v) is 1.68. The van der Waals surface area contributed by atoms with Crippen molar-refractivity contribution in [1.29, 1.82) is 0 Å². The van der Waals surface area contributed by atoms with Crippen LogP contribution in [0.4, 0.5) is 12.0 Å². The zero-order chi connectivity index (χ0) is 12.9. The molecule has 3 aromatic rings. The van der Waals surface area contributed by atoms with Crippen LogP contribution in [0, 0.1) is 0 Å². The average molecular weight is 255 g/mol.